The van der Waals surface area contributed by atoms with Gasteiger partial charge in [-0.1, -0.05) is 11.6 Å². The molecule has 3 rings (SSSR count). The molecule has 0 bridgehead atoms. The van der Waals surface area contributed by atoms with E-state index in [0.717, 1.165) is 24.6 Å². The second kappa shape index (κ2) is 9.57. The van der Waals surface area contributed by atoms with Gasteiger partial charge in [0.25, 0.3) is 0 Å². The lowest BCUT2D eigenvalue weighted by Crippen LogP contribution is -2.37. The fourth-order valence-electron chi connectivity index (χ4n) is 2.84. The van der Waals surface area contributed by atoms with E-state index < -0.39 is 10.0 Å². The Hall–Kier alpha value is -2.14. The topological polar surface area (TPSA) is 106 Å². The van der Waals surface area contributed by atoms with Gasteiger partial charge >= 0.3 is 0 Å². The number of rotatable bonds is 8. The number of hydrogen-bond donors (Lipinski definition) is 2. The van der Waals surface area contributed by atoms with Crippen LogP contribution in [0.15, 0.2) is 29.2 Å². The van der Waals surface area contributed by atoms with Gasteiger partial charge in [0.2, 0.25) is 16.0 Å². The monoisotopic (exact) mass is 441 g/mol. The minimum atomic E-state index is -3.69. The van der Waals surface area contributed by atoms with E-state index in [1.165, 1.54) is 25.3 Å². The number of morpholine rings is 1. The van der Waals surface area contributed by atoms with Gasteiger partial charge < -0.3 is 19.7 Å². The molecule has 0 unspecified atom stereocenters. The van der Waals surface area contributed by atoms with Crippen molar-refractivity contribution in [2.24, 2.45) is 0 Å². The maximum atomic E-state index is 12.4. The number of ether oxygens (including phenoxy) is 2. The summed E-state index contributed by atoms with van der Waals surface area (Å²) < 4.78 is 37.8. The van der Waals surface area contributed by atoms with Crippen molar-refractivity contribution < 1.29 is 17.9 Å². The third-order valence-corrected chi connectivity index (χ3v) is 6.06. The zero-order valence-corrected chi connectivity index (χ0v) is 17.9. The second-order valence-corrected chi connectivity index (χ2v) is 8.59. The normalized spacial score (nSPS) is 14.7. The molecule has 1 aliphatic rings. The van der Waals surface area contributed by atoms with E-state index in [9.17, 15) is 8.42 Å². The van der Waals surface area contributed by atoms with Crippen LogP contribution in [0.1, 0.15) is 5.69 Å². The van der Waals surface area contributed by atoms with Crippen LogP contribution in [0.25, 0.3) is 0 Å². The smallest absolute Gasteiger partial charge is 0.240 e. The van der Waals surface area contributed by atoms with Gasteiger partial charge in [-0.2, -0.15) is 4.98 Å². The number of nitrogens with one attached hydrogen (secondary N) is 2. The number of aromatic nitrogens is 2. The van der Waals surface area contributed by atoms with Crippen LogP contribution in [-0.2, 0) is 14.8 Å². The molecule has 29 heavy (non-hydrogen) atoms. The first-order valence-corrected chi connectivity index (χ1v) is 11.0. The standard InChI is InChI=1S/C18H24ClN5O4S/c1-13-11-17(24-7-9-28-10-8-24)23-18(22-13)20-5-6-21-29(25,26)14-3-4-16(27-2)15(19)12-14/h3-4,11-12,21H,5-10H2,1-2H3,(H,20,22,23). The van der Waals surface area contributed by atoms with Crippen LogP contribution in [0, 0.1) is 6.92 Å². The predicted octanol–water partition coefficient (Wildman–Crippen LogP) is 1.67. The Kier molecular flexibility index (Phi) is 7.12. The van der Waals surface area contributed by atoms with E-state index in [-0.39, 0.29) is 16.5 Å². The highest BCUT2D eigenvalue weighted by atomic mass is 35.5. The molecular formula is C18H24ClN5O4S. The number of anilines is 2. The van der Waals surface area contributed by atoms with Crippen molar-refractivity contribution in [1.29, 1.82) is 0 Å². The lowest BCUT2D eigenvalue weighted by molar-refractivity contribution is 0.122. The number of nitrogens with zero attached hydrogens (tertiary/aromatic N) is 3. The molecule has 0 spiro atoms. The van der Waals surface area contributed by atoms with Crippen molar-refractivity contribution in [3.8, 4) is 5.75 Å². The highest BCUT2D eigenvalue weighted by Crippen LogP contribution is 2.26. The zero-order chi connectivity index (χ0) is 20.9. The van der Waals surface area contributed by atoms with Crippen molar-refractivity contribution in [2.75, 3.05) is 56.7 Å². The molecule has 0 amide bonds. The Morgan fingerprint density at radius 3 is 2.66 bits per heavy atom. The van der Waals surface area contributed by atoms with Crippen molar-refractivity contribution in [3.63, 3.8) is 0 Å². The summed E-state index contributed by atoms with van der Waals surface area (Å²) >= 11 is 6.01. The van der Waals surface area contributed by atoms with E-state index >= 15 is 0 Å². The number of aryl methyl sites for hydroxylation is 1. The summed E-state index contributed by atoms with van der Waals surface area (Å²) in [4.78, 5) is 11.1. The number of hydrogen-bond acceptors (Lipinski definition) is 8. The Balaban J connectivity index is 1.57. The minimum absolute atomic E-state index is 0.0738. The molecule has 2 N–H and O–H groups in total. The molecule has 0 atom stereocenters. The molecule has 11 heteroatoms. The quantitative estimate of drug-likeness (QED) is 0.596. The SMILES string of the molecule is COc1ccc(S(=O)(=O)NCCNc2nc(C)cc(N3CCOCC3)n2)cc1Cl. The van der Waals surface area contributed by atoms with E-state index in [0.29, 0.717) is 31.5 Å². The summed E-state index contributed by atoms with van der Waals surface area (Å²) in [5.41, 5.74) is 0.831. The number of sulfonamides is 1. The maximum Gasteiger partial charge on any atom is 0.240 e. The first-order valence-electron chi connectivity index (χ1n) is 9.14. The highest BCUT2D eigenvalue weighted by molar-refractivity contribution is 7.89. The minimum Gasteiger partial charge on any atom is -0.495 e. The Morgan fingerprint density at radius 2 is 1.97 bits per heavy atom. The van der Waals surface area contributed by atoms with Gasteiger partial charge in [0.05, 0.1) is 30.2 Å². The summed E-state index contributed by atoms with van der Waals surface area (Å²) in [5, 5.41) is 3.30. The molecule has 1 aliphatic heterocycles. The van der Waals surface area contributed by atoms with Crippen LogP contribution < -0.4 is 19.7 Å². The zero-order valence-electron chi connectivity index (χ0n) is 16.3. The maximum absolute atomic E-state index is 12.4. The molecule has 1 saturated heterocycles. The van der Waals surface area contributed by atoms with Crippen LogP contribution in [0.5, 0.6) is 5.75 Å². The second-order valence-electron chi connectivity index (χ2n) is 6.41. The van der Waals surface area contributed by atoms with Gasteiger partial charge in [-0.3, -0.25) is 0 Å². The lowest BCUT2D eigenvalue weighted by Gasteiger charge is -2.28. The van der Waals surface area contributed by atoms with Crippen LogP contribution >= 0.6 is 11.6 Å². The largest absolute Gasteiger partial charge is 0.495 e. The molecule has 2 heterocycles. The first-order chi connectivity index (χ1) is 13.9. The first kappa shape index (κ1) is 21.6. The summed E-state index contributed by atoms with van der Waals surface area (Å²) in [6.45, 7) is 5.28. The molecule has 1 aromatic carbocycles. The summed E-state index contributed by atoms with van der Waals surface area (Å²) in [6.07, 6.45) is 0. The van der Waals surface area contributed by atoms with E-state index in [4.69, 9.17) is 21.1 Å². The average Bonchev–Trinajstić information content (AvgIpc) is 2.71. The fourth-order valence-corrected chi connectivity index (χ4v) is 4.22. The summed E-state index contributed by atoms with van der Waals surface area (Å²) in [7, 11) is -2.22. The van der Waals surface area contributed by atoms with Gasteiger partial charge in [-0.25, -0.2) is 18.1 Å². The van der Waals surface area contributed by atoms with Gasteiger partial charge in [0.15, 0.2) is 0 Å². The lowest BCUT2D eigenvalue weighted by atomic mass is 10.3. The predicted molar refractivity (Wildman–Crippen MR) is 111 cm³/mol. The van der Waals surface area contributed by atoms with Crippen molar-refractivity contribution in [1.82, 2.24) is 14.7 Å². The van der Waals surface area contributed by atoms with Gasteiger partial charge in [0.1, 0.15) is 11.6 Å². The third-order valence-electron chi connectivity index (χ3n) is 4.31. The Morgan fingerprint density at radius 1 is 1.21 bits per heavy atom. The highest BCUT2D eigenvalue weighted by Gasteiger charge is 2.16. The van der Waals surface area contributed by atoms with E-state index in [1.54, 1.807) is 0 Å². The molecule has 9 nitrogen and oxygen atoms in total. The molecule has 1 aromatic heterocycles. The van der Waals surface area contributed by atoms with Gasteiger partial charge in [0, 0.05) is 37.9 Å². The fraction of sp³-hybridized carbons (Fsp3) is 0.444. The molecule has 0 saturated carbocycles. The molecular weight excluding hydrogens is 418 g/mol. The van der Waals surface area contributed by atoms with Crippen LogP contribution in [0.2, 0.25) is 5.02 Å². The van der Waals surface area contributed by atoms with Crippen LogP contribution in [0.4, 0.5) is 11.8 Å². The molecule has 0 aliphatic carbocycles. The molecule has 2 aromatic rings. The van der Waals surface area contributed by atoms with Crippen molar-refractivity contribution in [3.05, 3.63) is 35.0 Å². The van der Waals surface area contributed by atoms with E-state index in [2.05, 4.69) is 24.9 Å². The van der Waals surface area contributed by atoms with Crippen molar-refractivity contribution >= 4 is 33.4 Å². The summed E-state index contributed by atoms with van der Waals surface area (Å²) in [6, 6.07) is 6.24. The number of halogens is 1. The van der Waals surface area contributed by atoms with E-state index in [1.807, 2.05) is 13.0 Å². The van der Waals surface area contributed by atoms with Crippen LogP contribution in [-0.4, -0.2) is 64.9 Å². The van der Waals surface area contributed by atoms with Gasteiger partial charge in [-0.05, 0) is 25.1 Å². The third kappa shape index (κ3) is 5.69. The summed E-state index contributed by atoms with van der Waals surface area (Å²) in [5.74, 6) is 1.70. The van der Waals surface area contributed by atoms with Gasteiger partial charge in [-0.15, -0.1) is 0 Å². The Bertz CT molecular complexity index is 951. The molecule has 1 fully saturated rings. The van der Waals surface area contributed by atoms with Crippen LogP contribution in [0.3, 0.4) is 0 Å². The average molecular weight is 442 g/mol. The molecule has 0 radical (unpaired) electrons. The Labute approximate surface area is 175 Å². The number of benzene rings is 1. The number of methoxy groups -OCH3 is 1. The molecule has 158 valence electrons. The van der Waals surface area contributed by atoms with Crippen molar-refractivity contribution in [2.45, 2.75) is 11.8 Å².